The Hall–Kier alpha value is -1.92. The van der Waals surface area contributed by atoms with Crippen molar-refractivity contribution in [1.82, 2.24) is 15.2 Å². The number of aromatic amines is 1. The molecule has 1 fully saturated rings. The van der Waals surface area contributed by atoms with E-state index >= 15 is 0 Å². The highest BCUT2D eigenvalue weighted by molar-refractivity contribution is 7.10. The lowest BCUT2D eigenvalue weighted by molar-refractivity contribution is 0.0950. The third kappa shape index (κ3) is 4.86. The Kier molecular flexibility index (Phi) is 7.19. The van der Waals surface area contributed by atoms with Gasteiger partial charge in [-0.25, -0.2) is 0 Å². The number of aromatic nitrogens is 1. The molecule has 2 aromatic heterocycles. The summed E-state index contributed by atoms with van der Waals surface area (Å²) >= 11 is 1.70. The van der Waals surface area contributed by atoms with Crippen LogP contribution in [0.3, 0.4) is 0 Å². The van der Waals surface area contributed by atoms with Crippen LogP contribution in [0.25, 0.3) is 0 Å². The molecular formula is C24H35N3O2S. The minimum atomic E-state index is -0.127. The molecular weight excluding hydrogens is 394 g/mol. The van der Waals surface area contributed by atoms with E-state index in [0.29, 0.717) is 23.4 Å². The van der Waals surface area contributed by atoms with Crippen LogP contribution in [0.2, 0.25) is 0 Å². The van der Waals surface area contributed by atoms with Crippen LogP contribution in [0.15, 0.2) is 16.2 Å². The SMILES string of the molecule is Cc1cc(C)c(CNC(=O)c2csc(C(C)C3CCC(N(C)C)CC3)c2C)c(=O)[nH]1. The molecule has 0 spiro atoms. The van der Waals surface area contributed by atoms with Crippen LogP contribution < -0.4 is 10.9 Å². The van der Waals surface area contributed by atoms with Crippen molar-refractivity contribution >= 4 is 17.2 Å². The fourth-order valence-corrected chi connectivity index (χ4v) is 6.02. The third-order valence-electron chi connectivity index (χ3n) is 6.83. The maximum Gasteiger partial charge on any atom is 0.253 e. The van der Waals surface area contributed by atoms with E-state index < -0.39 is 0 Å². The molecule has 0 saturated heterocycles. The number of nitrogens with zero attached hydrogens (tertiary/aromatic N) is 1. The second-order valence-electron chi connectivity index (χ2n) is 9.09. The first-order valence-corrected chi connectivity index (χ1v) is 11.8. The average molecular weight is 430 g/mol. The summed E-state index contributed by atoms with van der Waals surface area (Å²) in [6.45, 7) is 8.39. The van der Waals surface area contributed by atoms with Gasteiger partial charge in [-0.3, -0.25) is 9.59 Å². The Morgan fingerprint density at radius 1 is 1.23 bits per heavy atom. The fraction of sp³-hybridized carbons (Fsp3) is 0.583. The summed E-state index contributed by atoms with van der Waals surface area (Å²) in [5.41, 5.74) is 4.06. The smallest absolute Gasteiger partial charge is 0.253 e. The normalized spacial score (nSPS) is 20.4. The van der Waals surface area contributed by atoms with Crippen molar-refractivity contribution in [2.75, 3.05) is 14.1 Å². The van der Waals surface area contributed by atoms with Gasteiger partial charge in [0, 0.05) is 34.1 Å². The summed E-state index contributed by atoms with van der Waals surface area (Å²) in [5.74, 6) is 1.06. The first kappa shape index (κ1) is 22.8. The first-order chi connectivity index (χ1) is 14.2. The van der Waals surface area contributed by atoms with Gasteiger partial charge in [0.25, 0.3) is 11.5 Å². The standard InChI is InChI=1S/C24H35N3O2S/c1-14-11-15(2)26-24(29)20(14)12-25-23(28)21-13-30-22(17(21)4)16(3)18-7-9-19(10-8-18)27(5)6/h11,13,16,18-19H,7-10,12H2,1-6H3,(H,25,28)(H,26,29). The number of hydrogen-bond donors (Lipinski definition) is 2. The summed E-state index contributed by atoms with van der Waals surface area (Å²) < 4.78 is 0. The Labute approximate surface area is 183 Å². The minimum absolute atomic E-state index is 0.0992. The molecule has 1 amide bonds. The van der Waals surface area contributed by atoms with E-state index in [2.05, 4.69) is 43.1 Å². The van der Waals surface area contributed by atoms with E-state index in [1.165, 1.54) is 30.6 Å². The monoisotopic (exact) mass is 429 g/mol. The zero-order valence-corrected chi connectivity index (χ0v) is 19.9. The number of rotatable bonds is 6. The van der Waals surface area contributed by atoms with Crippen LogP contribution in [0, 0.1) is 26.7 Å². The molecule has 0 bridgehead atoms. The molecule has 0 aliphatic heterocycles. The van der Waals surface area contributed by atoms with Gasteiger partial charge in [0.1, 0.15) is 0 Å². The van der Waals surface area contributed by atoms with Gasteiger partial charge in [-0.05, 0) is 89.6 Å². The van der Waals surface area contributed by atoms with Gasteiger partial charge in [-0.1, -0.05) is 6.92 Å². The molecule has 2 N–H and O–H groups in total. The number of amides is 1. The van der Waals surface area contributed by atoms with E-state index in [4.69, 9.17) is 0 Å². The third-order valence-corrected chi connectivity index (χ3v) is 8.12. The number of H-pyrrole nitrogens is 1. The van der Waals surface area contributed by atoms with Crippen molar-refractivity contribution in [2.24, 2.45) is 5.92 Å². The lowest BCUT2D eigenvalue weighted by atomic mass is 9.77. The van der Waals surface area contributed by atoms with Crippen LogP contribution >= 0.6 is 11.3 Å². The van der Waals surface area contributed by atoms with Gasteiger partial charge in [-0.15, -0.1) is 11.3 Å². The molecule has 0 radical (unpaired) electrons. The minimum Gasteiger partial charge on any atom is -0.348 e. The van der Waals surface area contributed by atoms with Crippen LogP contribution in [-0.4, -0.2) is 35.9 Å². The quantitative estimate of drug-likeness (QED) is 0.710. The average Bonchev–Trinajstić information content (AvgIpc) is 3.08. The van der Waals surface area contributed by atoms with Gasteiger partial charge >= 0.3 is 0 Å². The van der Waals surface area contributed by atoms with Crippen molar-refractivity contribution in [3.63, 3.8) is 0 Å². The maximum absolute atomic E-state index is 12.8. The van der Waals surface area contributed by atoms with Gasteiger partial charge in [0.2, 0.25) is 0 Å². The lowest BCUT2D eigenvalue weighted by Gasteiger charge is -2.35. The Balaban J connectivity index is 1.66. The molecule has 164 valence electrons. The Morgan fingerprint density at radius 2 is 1.90 bits per heavy atom. The number of nitrogens with one attached hydrogen (secondary N) is 2. The molecule has 2 aromatic rings. The van der Waals surface area contributed by atoms with E-state index in [0.717, 1.165) is 22.4 Å². The van der Waals surface area contributed by atoms with Gasteiger partial charge in [-0.2, -0.15) is 0 Å². The zero-order valence-electron chi connectivity index (χ0n) is 19.1. The number of hydrogen-bond acceptors (Lipinski definition) is 4. The molecule has 30 heavy (non-hydrogen) atoms. The van der Waals surface area contributed by atoms with E-state index in [9.17, 15) is 9.59 Å². The molecule has 1 atom stereocenters. The van der Waals surface area contributed by atoms with Crippen molar-refractivity contribution < 1.29 is 4.79 Å². The Morgan fingerprint density at radius 3 is 2.50 bits per heavy atom. The molecule has 1 saturated carbocycles. The molecule has 1 aliphatic rings. The maximum atomic E-state index is 12.8. The van der Waals surface area contributed by atoms with Crippen LogP contribution in [-0.2, 0) is 6.54 Å². The van der Waals surface area contributed by atoms with Crippen molar-refractivity contribution in [2.45, 2.75) is 71.9 Å². The number of carbonyl (C=O) groups excluding carboxylic acids is 1. The summed E-state index contributed by atoms with van der Waals surface area (Å²) in [4.78, 5) is 31.5. The van der Waals surface area contributed by atoms with Crippen LogP contribution in [0.4, 0.5) is 0 Å². The molecule has 2 heterocycles. The highest BCUT2D eigenvalue weighted by atomic mass is 32.1. The van der Waals surface area contributed by atoms with Crippen molar-refractivity contribution in [3.8, 4) is 0 Å². The summed E-state index contributed by atoms with van der Waals surface area (Å²) in [6, 6.07) is 2.64. The largest absolute Gasteiger partial charge is 0.348 e. The second kappa shape index (κ2) is 9.48. The predicted molar refractivity (Wildman–Crippen MR) is 125 cm³/mol. The number of pyridine rings is 1. The predicted octanol–water partition coefficient (Wildman–Crippen LogP) is 4.52. The molecule has 3 rings (SSSR count). The van der Waals surface area contributed by atoms with Crippen LogP contribution in [0.1, 0.15) is 76.1 Å². The molecule has 1 unspecified atom stereocenters. The zero-order chi connectivity index (χ0) is 22.0. The van der Waals surface area contributed by atoms with Gasteiger partial charge in [0.05, 0.1) is 5.56 Å². The number of carbonyl (C=O) groups is 1. The molecule has 0 aromatic carbocycles. The highest BCUT2D eigenvalue weighted by Gasteiger charge is 2.29. The molecule has 6 heteroatoms. The van der Waals surface area contributed by atoms with E-state index in [1.807, 2.05) is 25.3 Å². The van der Waals surface area contributed by atoms with Gasteiger partial charge in [0.15, 0.2) is 0 Å². The first-order valence-electron chi connectivity index (χ1n) is 10.9. The second-order valence-corrected chi connectivity index (χ2v) is 10.00. The molecule has 1 aliphatic carbocycles. The van der Waals surface area contributed by atoms with Crippen LogP contribution in [0.5, 0.6) is 0 Å². The van der Waals surface area contributed by atoms with E-state index in [-0.39, 0.29) is 18.0 Å². The van der Waals surface area contributed by atoms with E-state index in [1.54, 1.807) is 11.3 Å². The molecule has 5 nitrogen and oxygen atoms in total. The number of aryl methyl sites for hydroxylation is 2. The van der Waals surface area contributed by atoms with Crippen molar-refractivity contribution in [1.29, 1.82) is 0 Å². The number of thiophene rings is 1. The Bertz CT molecular complexity index is 952. The van der Waals surface area contributed by atoms with Crippen molar-refractivity contribution in [3.05, 3.63) is 54.6 Å². The van der Waals surface area contributed by atoms with Gasteiger partial charge < -0.3 is 15.2 Å². The summed E-state index contributed by atoms with van der Waals surface area (Å²) in [7, 11) is 4.35. The fourth-order valence-electron chi connectivity index (χ4n) is 4.80. The summed E-state index contributed by atoms with van der Waals surface area (Å²) in [6.07, 6.45) is 5.01. The highest BCUT2D eigenvalue weighted by Crippen LogP contribution is 2.40. The lowest BCUT2D eigenvalue weighted by Crippen LogP contribution is -2.33. The topological polar surface area (TPSA) is 65.2 Å². The summed E-state index contributed by atoms with van der Waals surface area (Å²) in [5, 5.41) is 4.93.